The predicted octanol–water partition coefficient (Wildman–Crippen LogP) is 2.02. The summed E-state index contributed by atoms with van der Waals surface area (Å²) >= 11 is 0. The van der Waals surface area contributed by atoms with Gasteiger partial charge in [-0.1, -0.05) is 6.07 Å². The number of carbonyl (C=O) groups excluding carboxylic acids is 1. The number of Topliss-reactive ketones (excluding diaryl/α,β-unsaturated/α-hetero) is 1. The van der Waals surface area contributed by atoms with Gasteiger partial charge in [0.25, 0.3) is 0 Å². The highest BCUT2D eigenvalue weighted by atomic mass is 16.5. The number of carbonyl (C=O) groups is 1. The van der Waals surface area contributed by atoms with Crippen molar-refractivity contribution in [2.45, 2.75) is 43.3 Å². The van der Waals surface area contributed by atoms with E-state index < -0.39 is 0 Å². The van der Waals surface area contributed by atoms with Crippen LogP contribution in [0, 0.1) is 5.92 Å². The molecule has 0 radical (unpaired) electrons. The largest absolute Gasteiger partial charge is 0.493 e. The summed E-state index contributed by atoms with van der Waals surface area (Å²) in [6.07, 6.45) is 3.28. The number of methoxy groups -OCH3 is 1. The molecular weight excluding hydrogens is 268 g/mol. The molecule has 21 heavy (non-hydrogen) atoms. The fourth-order valence-electron chi connectivity index (χ4n) is 5.21. The highest BCUT2D eigenvalue weighted by Gasteiger charge is 2.65. The smallest absolute Gasteiger partial charge is 0.174 e. The molecule has 2 fully saturated rings. The van der Waals surface area contributed by atoms with Crippen LogP contribution in [0.5, 0.6) is 11.5 Å². The van der Waals surface area contributed by atoms with E-state index in [9.17, 15) is 4.79 Å². The van der Waals surface area contributed by atoms with Gasteiger partial charge in [-0.25, -0.2) is 0 Å². The fraction of sp³-hybridized carbons (Fsp3) is 0.588. The maximum atomic E-state index is 12.5. The van der Waals surface area contributed by atoms with Gasteiger partial charge in [0.2, 0.25) is 0 Å². The quantitative estimate of drug-likeness (QED) is 0.792. The number of hydrogen-bond donors (Lipinski definition) is 0. The lowest BCUT2D eigenvalue weighted by atomic mass is 9.53. The normalized spacial score (nSPS) is 38.7. The van der Waals surface area contributed by atoms with Crippen molar-refractivity contribution in [1.82, 2.24) is 0 Å². The fourth-order valence-corrected chi connectivity index (χ4v) is 5.21. The molecule has 2 bridgehead atoms. The molecule has 1 saturated heterocycles. The summed E-state index contributed by atoms with van der Waals surface area (Å²) in [5, 5.41) is 0. The van der Waals surface area contributed by atoms with Crippen molar-refractivity contribution in [3.8, 4) is 11.5 Å². The van der Waals surface area contributed by atoms with Crippen molar-refractivity contribution in [3.05, 3.63) is 23.3 Å². The Morgan fingerprint density at radius 2 is 2.29 bits per heavy atom. The lowest BCUT2D eigenvalue weighted by molar-refractivity contribution is -0.149. The molecule has 4 nitrogen and oxygen atoms in total. The minimum atomic E-state index is -0.326. The van der Waals surface area contributed by atoms with Gasteiger partial charge in [-0.2, -0.15) is 0 Å². The second kappa shape index (κ2) is 3.80. The molecule has 0 aromatic heterocycles. The molecule has 110 valence electrons. The maximum absolute atomic E-state index is 12.5. The Hall–Kier alpha value is -1.55. The van der Waals surface area contributed by atoms with Crippen LogP contribution >= 0.6 is 0 Å². The SMILES string of the molecule is COc1ccc2c3c1O[C@H]1C(=O)CC[C@H]4[C@@H](C2)OCC[C@]314. The van der Waals surface area contributed by atoms with E-state index in [-0.39, 0.29) is 23.4 Å². The molecule has 1 aromatic rings. The first-order valence-corrected chi connectivity index (χ1v) is 7.77. The molecule has 4 atom stereocenters. The van der Waals surface area contributed by atoms with E-state index in [1.807, 2.05) is 6.07 Å². The summed E-state index contributed by atoms with van der Waals surface area (Å²) in [6.45, 7) is 0.727. The first kappa shape index (κ1) is 12.0. The van der Waals surface area contributed by atoms with Gasteiger partial charge in [-0.15, -0.1) is 0 Å². The van der Waals surface area contributed by atoms with Crippen LogP contribution in [-0.2, 0) is 21.4 Å². The molecule has 4 aliphatic rings. The van der Waals surface area contributed by atoms with E-state index in [4.69, 9.17) is 14.2 Å². The number of ether oxygens (including phenoxy) is 3. The topological polar surface area (TPSA) is 44.8 Å². The first-order chi connectivity index (χ1) is 10.3. The number of benzene rings is 1. The second-order valence-corrected chi connectivity index (χ2v) is 6.64. The second-order valence-electron chi connectivity index (χ2n) is 6.64. The van der Waals surface area contributed by atoms with Gasteiger partial charge in [-0.3, -0.25) is 4.79 Å². The first-order valence-electron chi connectivity index (χ1n) is 7.77. The third-order valence-corrected chi connectivity index (χ3v) is 5.97. The van der Waals surface area contributed by atoms with Gasteiger partial charge in [0.1, 0.15) is 0 Å². The zero-order chi connectivity index (χ0) is 14.2. The van der Waals surface area contributed by atoms with Gasteiger partial charge >= 0.3 is 0 Å². The minimum Gasteiger partial charge on any atom is -0.493 e. The summed E-state index contributed by atoms with van der Waals surface area (Å²) < 4.78 is 17.7. The average molecular weight is 286 g/mol. The van der Waals surface area contributed by atoms with Crippen LogP contribution < -0.4 is 9.47 Å². The van der Waals surface area contributed by atoms with Crippen molar-refractivity contribution in [2.24, 2.45) is 5.92 Å². The Balaban J connectivity index is 1.83. The van der Waals surface area contributed by atoms with Crippen LogP contribution in [0.1, 0.15) is 30.4 Å². The molecule has 2 aliphatic carbocycles. The Morgan fingerprint density at radius 1 is 1.38 bits per heavy atom. The van der Waals surface area contributed by atoms with E-state index in [1.165, 1.54) is 11.1 Å². The molecule has 5 rings (SSSR count). The van der Waals surface area contributed by atoms with Crippen molar-refractivity contribution in [3.63, 3.8) is 0 Å². The summed E-state index contributed by atoms with van der Waals surface area (Å²) in [7, 11) is 1.66. The molecule has 0 amide bonds. The average Bonchev–Trinajstić information content (AvgIpc) is 2.83. The van der Waals surface area contributed by atoms with Crippen LogP contribution in [0.2, 0.25) is 0 Å². The lowest BCUT2D eigenvalue weighted by Crippen LogP contribution is -2.61. The summed E-state index contributed by atoms with van der Waals surface area (Å²) in [4.78, 5) is 12.5. The number of rotatable bonds is 1. The minimum absolute atomic E-state index is 0.157. The molecule has 1 saturated carbocycles. The van der Waals surface area contributed by atoms with E-state index >= 15 is 0 Å². The van der Waals surface area contributed by atoms with E-state index in [2.05, 4.69) is 6.07 Å². The van der Waals surface area contributed by atoms with Gasteiger partial charge in [-0.05, 0) is 36.8 Å². The zero-order valence-corrected chi connectivity index (χ0v) is 12.1. The molecule has 4 heteroatoms. The van der Waals surface area contributed by atoms with E-state index in [0.717, 1.165) is 37.4 Å². The summed E-state index contributed by atoms with van der Waals surface area (Å²) in [6, 6.07) is 4.09. The van der Waals surface area contributed by atoms with Crippen molar-refractivity contribution in [1.29, 1.82) is 0 Å². The van der Waals surface area contributed by atoms with Gasteiger partial charge in [0.05, 0.1) is 18.6 Å². The Morgan fingerprint density at radius 3 is 3.14 bits per heavy atom. The maximum Gasteiger partial charge on any atom is 0.174 e. The molecule has 2 heterocycles. The van der Waals surface area contributed by atoms with Gasteiger partial charge in [0, 0.05) is 18.6 Å². The molecule has 0 unspecified atom stereocenters. The Labute approximate surface area is 123 Å². The van der Waals surface area contributed by atoms with Crippen molar-refractivity contribution >= 4 is 5.78 Å². The lowest BCUT2D eigenvalue weighted by Gasteiger charge is -2.53. The Bertz CT molecular complexity index is 652. The van der Waals surface area contributed by atoms with Crippen LogP contribution in [0.15, 0.2) is 12.1 Å². The third kappa shape index (κ3) is 1.24. The zero-order valence-electron chi connectivity index (χ0n) is 12.1. The highest BCUT2D eigenvalue weighted by Crippen LogP contribution is 2.62. The van der Waals surface area contributed by atoms with E-state index in [1.54, 1.807) is 7.11 Å². The summed E-state index contributed by atoms with van der Waals surface area (Å²) in [5.41, 5.74) is 2.38. The van der Waals surface area contributed by atoms with Crippen LogP contribution in [0.25, 0.3) is 0 Å². The Kier molecular flexibility index (Phi) is 2.18. The van der Waals surface area contributed by atoms with Crippen LogP contribution in [0.3, 0.4) is 0 Å². The standard InChI is InChI=1S/C17H18O4/c1-19-12-5-2-9-8-13-10-3-4-11(18)16-17(10,6-7-20-13)14(9)15(12)21-16/h2,5,10,13,16H,3-4,6-8H2,1H3/t10-,13+,16-,17-/m0/s1. The number of ketones is 1. The molecule has 1 aromatic carbocycles. The summed E-state index contributed by atoms with van der Waals surface area (Å²) in [5.74, 6) is 2.24. The highest BCUT2D eigenvalue weighted by molar-refractivity contribution is 5.89. The van der Waals surface area contributed by atoms with Gasteiger partial charge < -0.3 is 14.2 Å². The monoisotopic (exact) mass is 286 g/mol. The third-order valence-electron chi connectivity index (χ3n) is 5.97. The molecule has 2 aliphatic heterocycles. The van der Waals surface area contributed by atoms with Crippen LogP contribution in [0.4, 0.5) is 0 Å². The van der Waals surface area contributed by atoms with Crippen LogP contribution in [-0.4, -0.2) is 31.7 Å². The molecule has 0 N–H and O–H groups in total. The predicted molar refractivity (Wildman–Crippen MR) is 74.9 cm³/mol. The number of hydrogen-bond acceptors (Lipinski definition) is 4. The van der Waals surface area contributed by atoms with E-state index in [0.29, 0.717) is 12.3 Å². The van der Waals surface area contributed by atoms with Crippen molar-refractivity contribution < 1.29 is 19.0 Å². The molecular formula is C17H18O4. The molecule has 1 spiro atoms. The van der Waals surface area contributed by atoms with Crippen molar-refractivity contribution in [2.75, 3.05) is 13.7 Å². The van der Waals surface area contributed by atoms with Gasteiger partial charge in [0.15, 0.2) is 23.4 Å².